The SMILES string of the molecule is CC(=O)/C=C(/C)Nc1ccccn1. The molecule has 3 heteroatoms. The fourth-order valence-corrected chi connectivity index (χ4v) is 0.980. The predicted octanol–water partition coefficient (Wildman–Crippen LogP) is 1.99. The van der Waals surface area contributed by atoms with Crippen molar-refractivity contribution in [2.45, 2.75) is 13.8 Å². The molecule has 1 heterocycles. The minimum Gasteiger partial charge on any atom is -0.344 e. The van der Waals surface area contributed by atoms with Crippen molar-refractivity contribution in [2.75, 3.05) is 5.32 Å². The van der Waals surface area contributed by atoms with E-state index in [2.05, 4.69) is 10.3 Å². The lowest BCUT2D eigenvalue weighted by Gasteiger charge is -2.03. The van der Waals surface area contributed by atoms with Crippen LogP contribution in [0.2, 0.25) is 0 Å². The summed E-state index contributed by atoms with van der Waals surface area (Å²) in [6.45, 7) is 3.35. The average molecular weight is 176 g/mol. The summed E-state index contributed by atoms with van der Waals surface area (Å²) < 4.78 is 0. The van der Waals surface area contributed by atoms with E-state index in [4.69, 9.17) is 0 Å². The standard InChI is InChI=1S/C10H12N2O/c1-8(7-9(2)13)12-10-5-3-4-6-11-10/h3-7H,1-2H3,(H,11,12)/b8-7-. The zero-order valence-electron chi connectivity index (χ0n) is 7.74. The van der Waals surface area contributed by atoms with Crippen molar-refractivity contribution in [1.29, 1.82) is 0 Å². The van der Waals surface area contributed by atoms with Gasteiger partial charge >= 0.3 is 0 Å². The zero-order chi connectivity index (χ0) is 9.68. The first-order valence-electron chi connectivity index (χ1n) is 4.05. The van der Waals surface area contributed by atoms with Crippen LogP contribution in [0.15, 0.2) is 36.2 Å². The van der Waals surface area contributed by atoms with E-state index < -0.39 is 0 Å². The molecule has 3 nitrogen and oxygen atoms in total. The number of ketones is 1. The highest BCUT2D eigenvalue weighted by atomic mass is 16.1. The summed E-state index contributed by atoms with van der Waals surface area (Å²) in [4.78, 5) is 14.8. The first-order valence-corrected chi connectivity index (χ1v) is 4.05. The second-order valence-electron chi connectivity index (χ2n) is 2.78. The molecule has 0 fully saturated rings. The molecule has 1 rings (SSSR count). The normalized spacial score (nSPS) is 11.1. The molecular weight excluding hydrogens is 164 g/mol. The van der Waals surface area contributed by atoms with E-state index in [0.717, 1.165) is 11.5 Å². The number of hydrogen-bond donors (Lipinski definition) is 1. The molecule has 0 bridgehead atoms. The Morgan fingerprint density at radius 1 is 1.46 bits per heavy atom. The van der Waals surface area contributed by atoms with Crippen molar-refractivity contribution >= 4 is 11.6 Å². The van der Waals surface area contributed by atoms with Crippen LogP contribution < -0.4 is 5.32 Å². The number of rotatable bonds is 3. The van der Waals surface area contributed by atoms with Gasteiger partial charge in [0, 0.05) is 11.9 Å². The molecule has 13 heavy (non-hydrogen) atoms. The van der Waals surface area contributed by atoms with Gasteiger partial charge in [0.25, 0.3) is 0 Å². The molecule has 0 spiro atoms. The third kappa shape index (κ3) is 3.51. The first kappa shape index (κ1) is 9.45. The van der Waals surface area contributed by atoms with Crippen molar-refractivity contribution in [3.05, 3.63) is 36.2 Å². The Hall–Kier alpha value is -1.64. The van der Waals surface area contributed by atoms with E-state index >= 15 is 0 Å². The number of carbonyl (C=O) groups is 1. The Labute approximate surface area is 77.5 Å². The lowest BCUT2D eigenvalue weighted by Crippen LogP contribution is -1.99. The van der Waals surface area contributed by atoms with E-state index in [-0.39, 0.29) is 5.78 Å². The molecule has 1 aromatic heterocycles. The summed E-state index contributed by atoms with van der Waals surface area (Å²) >= 11 is 0. The summed E-state index contributed by atoms with van der Waals surface area (Å²) in [5.74, 6) is 0.776. The zero-order valence-corrected chi connectivity index (χ0v) is 7.74. The van der Waals surface area contributed by atoms with Crippen LogP contribution in [-0.2, 0) is 4.79 Å². The van der Waals surface area contributed by atoms with Gasteiger partial charge in [0.15, 0.2) is 5.78 Å². The molecule has 0 aromatic carbocycles. The third-order valence-corrected chi connectivity index (χ3v) is 1.41. The minimum absolute atomic E-state index is 0.0286. The maximum Gasteiger partial charge on any atom is 0.154 e. The molecular formula is C10H12N2O. The number of carbonyl (C=O) groups excluding carboxylic acids is 1. The molecule has 0 saturated carbocycles. The van der Waals surface area contributed by atoms with E-state index in [9.17, 15) is 4.79 Å². The monoisotopic (exact) mass is 176 g/mol. The van der Waals surface area contributed by atoms with Crippen molar-refractivity contribution in [3.63, 3.8) is 0 Å². The van der Waals surface area contributed by atoms with Crippen LogP contribution in [0, 0.1) is 0 Å². The lowest BCUT2D eigenvalue weighted by atomic mass is 10.3. The average Bonchev–Trinajstić information content (AvgIpc) is 2.04. The van der Waals surface area contributed by atoms with E-state index in [0.29, 0.717) is 0 Å². The van der Waals surface area contributed by atoms with Gasteiger partial charge in [-0.2, -0.15) is 0 Å². The number of aromatic nitrogens is 1. The minimum atomic E-state index is 0.0286. The van der Waals surface area contributed by atoms with E-state index in [1.165, 1.54) is 13.0 Å². The second-order valence-corrected chi connectivity index (χ2v) is 2.78. The molecule has 68 valence electrons. The smallest absolute Gasteiger partial charge is 0.154 e. The summed E-state index contributed by atoms with van der Waals surface area (Å²) in [5.41, 5.74) is 0.797. The van der Waals surface area contributed by atoms with Crippen LogP contribution in [0.5, 0.6) is 0 Å². The Kier molecular flexibility index (Phi) is 3.20. The highest BCUT2D eigenvalue weighted by molar-refractivity contribution is 5.88. The second kappa shape index (κ2) is 4.40. The van der Waals surface area contributed by atoms with Gasteiger partial charge in [0.05, 0.1) is 0 Å². The van der Waals surface area contributed by atoms with Crippen molar-refractivity contribution in [3.8, 4) is 0 Å². The van der Waals surface area contributed by atoms with Crippen LogP contribution in [0.3, 0.4) is 0 Å². The summed E-state index contributed by atoms with van der Waals surface area (Å²) in [6.07, 6.45) is 3.23. The van der Waals surface area contributed by atoms with Crippen LogP contribution in [0.25, 0.3) is 0 Å². The van der Waals surface area contributed by atoms with Gasteiger partial charge in [-0.15, -0.1) is 0 Å². The summed E-state index contributed by atoms with van der Waals surface area (Å²) in [7, 11) is 0. The Balaban J connectivity index is 2.65. The lowest BCUT2D eigenvalue weighted by molar-refractivity contribution is -0.112. The van der Waals surface area contributed by atoms with Gasteiger partial charge in [0.1, 0.15) is 5.82 Å². The number of allylic oxidation sites excluding steroid dienone is 2. The number of pyridine rings is 1. The van der Waals surface area contributed by atoms with Gasteiger partial charge in [-0.25, -0.2) is 4.98 Å². The highest BCUT2D eigenvalue weighted by Crippen LogP contribution is 2.03. The number of hydrogen-bond acceptors (Lipinski definition) is 3. The molecule has 1 N–H and O–H groups in total. The Morgan fingerprint density at radius 2 is 2.23 bits per heavy atom. The quantitative estimate of drug-likeness (QED) is 0.716. The van der Waals surface area contributed by atoms with Crippen LogP contribution in [-0.4, -0.2) is 10.8 Å². The van der Waals surface area contributed by atoms with E-state index in [1.807, 2.05) is 25.1 Å². The van der Waals surface area contributed by atoms with E-state index in [1.54, 1.807) is 6.20 Å². The maximum absolute atomic E-state index is 10.7. The molecule has 0 unspecified atom stereocenters. The van der Waals surface area contributed by atoms with Gasteiger partial charge in [-0.1, -0.05) is 6.07 Å². The largest absolute Gasteiger partial charge is 0.344 e. The fourth-order valence-electron chi connectivity index (χ4n) is 0.980. The van der Waals surface area contributed by atoms with Gasteiger partial charge in [-0.05, 0) is 32.1 Å². The van der Waals surface area contributed by atoms with Crippen molar-refractivity contribution in [2.24, 2.45) is 0 Å². The number of anilines is 1. The topological polar surface area (TPSA) is 42.0 Å². The molecule has 0 saturated heterocycles. The van der Waals surface area contributed by atoms with Gasteiger partial charge in [0.2, 0.25) is 0 Å². The van der Waals surface area contributed by atoms with Gasteiger partial charge < -0.3 is 5.32 Å². The maximum atomic E-state index is 10.7. The molecule has 0 aliphatic heterocycles. The number of nitrogens with zero attached hydrogens (tertiary/aromatic N) is 1. The highest BCUT2D eigenvalue weighted by Gasteiger charge is 1.93. The summed E-state index contributed by atoms with van der Waals surface area (Å²) in [6, 6.07) is 5.57. The molecule has 1 aromatic rings. The molecule has 0 aliphatic rings. The molecule has 0 amide bonds. The molecule has 0 radical (unpaired) electrons. The van der Waals surface area contributed by atoms with Crippen LogP contribution >= 0.6 is 0 Å². The fraction of sp³-hybridized carbons (Fsp3) is 0.200. The molecule has 0 atom stereocenters. The Morgan fingerprint density at radius 3 is 2.77 bits per heavy atom. The van der Waals surface area contributed by atoms with Crippen LogP contribution in [0.1, 0.15) is 13.8 Å². The van der Waals surface area contributed by atoms with Crippen molar-refractivity contribution in [1.82, 2.24) is 4.98 Å². The summed E-state index contributed by atoms with van der Waals surface area (Å²) in [5, 5.41) is 3.00. The third-order valence-electron chi connectivity index (χ3n) is 1.41. The first-order chi connectivity index (χ1) is 6.18. The number of nitrogens with one attached hydrogen (secondary N) is 1. The van der Waals surface area contributed by atoms with Crippen LogP contribution in [0.4, 0.5) is 5.82 Å². The Bertz CT molecular complexity index is 317. The predicted molar refractivity (Wildman–Crippen MR) is 52.3 cm³/mol. The van der Waals surface area contributed by atoms with Gasteiger partial charge in [-0.3, -0.25) is 4.79 Å². The molecule has 0 aliphatic carbocycles. The van der Waals surface area contributed by atoms with Crippen molar-refractivity contribution < 1.29 is 4.79 Å².